The van der Waals surface area contributed by atoms with Crippen LogP contribution in [-0.2, 0) is 0 Å². The third-order valence-electron chi connectivity index (χ3n) is 2.28. The molecule has 1 rings (SSSR count). The first-order valence-electron chi connectivity index (χ1n) is 4.89. The van der Waals surface area contributed by atoms with Gasteiger partial charge in [0, 0.05) is 11.7 Å². The summed E-state index contributed by atoms with van der Waals surface area (Å²) in [5, 5.41) is 3.41. The molecule has 14 heavy (non-hydrogen) atoms. The highest BCUT2D eigenvalue weighted by Gasteiger charge is 2.05. The van der Waals surface area contributed by atoms with Crippen molar-refractivity contribution in [2.75, 3.05) is 5.32 Å². The van der Waals surface area contributed by atoms with Crippen molar-refractivity contribution in [1.29, 1.82) is 0 Å². The Labute approximate surface area is 89.3 Å². The average Bonchev–Trinajstić information content (AvgIpc) is 2.19. The Bertz CT molecular complexity index is 297. The number of benzene rings is 1. The van der Waals surface area contributed by atoms with Crippen molar-refractivity contribution in [2.24, 2.45) is 0 Å². The number of halogens is 2. The predicted octanol–water partition coefficient (Wildman–Crippen LogP) is 4.08. The van der Waals surface area contributed by atoms with Crippen molar-refractivity contribution >= 4 is 17.3 Å². The molecule has 0 bridgehead atoms. The monoisotopic (exact) mass is 215 g/mol. The second-order valence-electron chi connectivity index (χ2n) is 3.29. The minimum atomic E-state index is -0.373. The Morgan fingerprint density at radius 2 is 2.00 bits per heavy atom. The number of hydrogen-bond acceptors (Lipinski definition) is 1. The van der Waals surface area contributed by atoms with Crippen LogP contribution in [0.1, 0.15) is 26.7 Å². The van der Waals surface area contributed by atoms with Gasteiger partial charge >= 0.3 is 0 Å². The lowest BCUT2D eigenvalue weighted by Crippen LogP contribution is -2.16. The zero-order valence-corrected chi connectivity index (χ0v) is 9.24. The van der Waals surface area contributed by atoms with Gasteiger partial charge in [-0.1, -0.05) is 25.4 Å². The summed E-state index contributed by atoms with van der Waals surface area (Å²) >= 11 is 5.58. The molecule has 0 heterocycles. The van der Waals surface area contributed by atoms with Crippen molar-refractivity contribution in [2.45, 2.75) is 32.7 Å². The van der Waals surface area contributed by atoms with Gasteiger partial charge in [0.25, 0.3) is 0 Å². The molecule has 3 heteroatoms. The van der Waals surface area contributed by atoms with Crippen LogP contribution in [0.3, 0.4) is 0 Å². The lowest BCUT2D eigenvalue weighted by molar-refractivity contribution is 0.626. The maximum Gasteiger partial charge on any atom is 0.143 e. The molecule has 0 aliphatic carbocycles. The van der Waals surface area contributed by atoms with Gasteiger partial charge in [-0.25, -0.2) is 4.39 Å². The minimum absolute atomic E-state index is 0.167. The SMILES string of the molecule is CCC(CC)Nc1ccc(Cl)c(F)c1. The molecule has 78 valence electrons. The Morgan fingerprint density at radius 1 is 1.36 bits per heavy atom. The van der Waals surface area contributed by atoms with Crippen molar-refractivity contribution in [3.8, 4) is 0 Å². The van der Waals surface area contributed by atoms with Gasteiger partial charge in [-0.05, 0) is 31.0 Å². The van der Waals surface area contributed by atoms with E-state index >= 15 is 0 Å². The van der Waals surface area contributed by atoms with E-state index in [1.807, 2.05) is 0 Å². The van der Waals surface area contributed by atoms with Crippen LogP contribution < -0.4 is 5.32 Å². The van der Waals surface area contributed by atoms with Crippen LogP contribution >= 0.6 is 11.6 Å². The first-order chi connectivity index (χ1) is 6.67. The van der Waals surface area contributed by atoms with Gasteiger partial charge in [-0.15, -0.1) is 0 Å². The summed E-state index contributed by atoms with van der Waals surface area (Å²) in [7, 11) is 0. The Hall–Kier alpha value is -0.760. The van der Waals surface area contributed by atoms with Crippen molar-refractivity contribution in [3.05, 3.63) is 29.0 Å². The van der Waals surface area contributed by atoms with E-state index in [1.165, 1.54) is 6.07 Å². The minimum Gasteiger partial charge on any atom is -0.382 e. The summed E-state index contributed by atoms with van der Waals surface area (Å²) in [5.41, 5.74) is 0.792. The lowest BCUT2D eigenvalue weighted by Gasteiger charge is -2.16. The van der Waals surface area contributed by atoms with Crippen LogP contribution in [0.15, 0.2) is 18.2 Å². The van der Waals surface area contributed by atoms with E-state index in [1.54, 1.807) is 12.1 Å². The highest BCUT2D eigenvalue weighted by atomic mass is 35.5. The maximum absolute atomic E-state index is 13.1. The molecular weight excluding hydrogens is 201 g/mol. The number of hydrogen-bond donors (Lipinski definition) is 1. The number of nitrogens with one attached hydrogen (secondary N) is 1. The molecule has 1 aromatic carbocycles. The third-order valence-corrected chi connectivity index (χ3v) is 2.58. The van der Waals surface area contributed by atoms with Gasteiger partial charge in [-0.3, -0.25) is 0 Å². The molecule has 0 saturated heterocycles. The summed E-state index contributed by atoms with van der Waals surface area (Å²) in [6.45, 7) is 4.21. The third kappa shape index (κ3) is 2.88. The van der Waals surface area contributed by atoms with Crippen LogP contribution in [0.2, 0.25) is 5.02 Å². The van der Waals surface area contributed by atoms with E-state index in [-0.39, 0.29) is 10.8 Å². The summed E-state index contributed by atoms with van der Waals surface area (Å²) in [6, 6.07) is 5.20. The molecule has 0 radical (unpaired) electrons. The van der Waals surface area contributed by atoms with Crippen molar-refractivity contribution in [1.82, 2.24) is 0 Å². The van der Waals surface area contributed by atoms with Gasteiger partial charge in [0.1, 0.15) is 5.82 Å². The Kier molecular flexibility index (Phi) is 4.21. The molecule has 0 saturated carbocycles. The van der Waals surface area contributed by atoms with E-state index in [0.717, 1.165) is 18.5 Å². The zero-order valence-electron chi connectivity index (χ0n) is 8.48. The Balaban J connectivity index is 2.72. The van der Waals surface area contributed by atoms with E-state index in [0.29, 0.717) is 6.04 Å². The predicted molar refractivity (Wildman–Crippen MR) is 59.4 cm³/mol. The van der Waals surface area contributed by atoms with Crippen LogP contribution in [0, 0.1) is 5.82 Å². The smallest absolute Gasteiger partial charge is 0.143 e. The topological polar surface area (TPSA) is 12.0 Å². The summed E-state index contributed by atoms with van der Waals surface area (Å²) < 4.78 is 13.1. The van der Waals surface area contributed by atoms with Gasteiger partial charge in [0.2, 0.25) is 0 Å². The fourth-order valence-corrected chi connectivity index (χ4v) is 1.43. The summed E-state index contributed by atoms with van der Waals surface area (Å²) in [5.74, 6) is -0.373. The number of rotatable bonds is 4. The zero-order chi connectivity index (χ0) is 10.6. The average molecular weight is 216 g/mol. The molecule has 1 aromatic rings. The van der Waals surface area contributed by atoms with Crippen LogP contribution in [0.5, 0.6) is 0 Å². The van der Waals surface area contributed by atoms with Gasteiger partial charge in [-0.2, -0.15) is 0 Å². The second-order valence-corrected chi connectivity index (χ2v) is 3.69. The molecule has 0 amide bonds. The highest BCUT2D eigenvalue weighted by molar-refractivity contribution is 6.30. The van der Waals surface area contributed by atoms with E-state index in [2.05, 4.69) is 19.2 Å². The van der Waals surface area contributed by atoms with Crippen LogP contribution in [0.4, 0.5) is 10.1 Å². The van der Waals surface area contributed by atoms with E-state index in [9.17, 15) is 4.39 Å². The molecular formula is C11H15ClFN. The van der Waals surface area contributed by atoms with Gasteiger partial charge in [0.05, 0.1) is 5.02 Å². The first kappa shape index (κ1) is 11.3. The fourth-order valence-electron chi connectivity index (χ4n) is 1.31. The van der Waals surface area contributed by atoms with Crippen molar-refractivity contribution in [3.63, 3.8) is 0 Å². The molecule has 1 nitrogen and oxygen atoms in total. The largest absolute Gasteiger partial charge is 0.382 e. The molecule has 1 N–H and O–H groups in total. The first-order valence-corrected chi connectivity index (χ1v) is 5.26. The summed E-state index contributed by atoms with van der Waals surface area (Å²) in [4.78, 5) is 0. The van der Waals surface area contributed by atoms with Gasteiger partial charge in [0.15, 0.2) is 0 Å². The van der Waals surface area contributed by atoms with E-state index < -0.39 is 0 Å². The molecule has 0 aromatic heterocycles. The fraction of sp³-hybridized carbons (Fsp3) is 0.455. The maximum atomic E-state index is 13.1. The molecule has 0 spiro atoms. The van der Waals surface area contributed by atoms with Crippen molar-refractivity contribution < 1.29 is 4.39 Å². The highest BCUT2D eigenvalue weighted by Crippen LogP contribution is 2.20. The standard InChI is InChI=1S/C11H15ClFN/c1-3-8(4-2)14-9-5-6-10(12)11(13)7-9/h5-8,14H,3-4H2,1-2H3. The molecule has 0 aliphatic rings. The van der Waals surface area contributed by atoms with Crippen LogP contribution in [0.25, 0.3) is 0 Å². The van der Waals surface area contributed by atoms with Crippen LogP contribution in [-0.4, -0.2) is 6.04 Å². The molecule has 0 aliphatic heterocycles. The van der Waals surface area contributed by atoms with E-state index in [4.69, 9.17) is 11.6 Å². The quantitative estimate of drug-likeness (QED) is 0.798. The van der Waals surface area contributed by atoms with Gasteiger partial charge < -0.3 is 5.32 Å². The lowest BCUT2D eigenvalue weighted by atomic mass is 10.1. The molecule has 0 atom stereocenters. The number of anilines is 1. The molecule has 0 fully saturated rings. The Morgan fingerprint density at radius 3 is 2.50 bits per heavy atom. The summed E-state index contributed by atoms with van der Waals surface area (Å²) in [6.07, 6.45) is 2.06. The normalized spacial score (nSPS) is 10.6. The second kappa shape index (κ2) is 5.20. The molecule has 0 unspecified atom stereocenters.